The van der Waals surface area contributed by atoms with Crippen molar-refractivity contribution in [1.82, 2.24) is 0 Å². The number of carbonyl (C=O) groups is 1. The summed E-state index contributed by atoms with van der Waals surface area (Å²) in [5.74, 6) is 2.38. The van der Waals surface area contributed by atoms with Gasteiger partial charge in [-0.15, -0.1) is 0 Å². The minimum absolute atomic E-state index is 0.264. The lowest BCUT2D eigenvalue weighted by Crippen LogP contribution is -2.08. The van der Waals surface area contributed by atoms with Crippen molar-refractivity contribution in [3.63, 3.8) is 0 Å². The Balaban J connectivity index is 2.07. The molecule has 5 nitrogen and oxygen atoms in total. The van der Waals surface area contributed by atoms with E-state index in [1.165, 1.54) is 6.08 Å². The number of aryl methyl sites for hydroxylation is 1. The number of carbonyl (C=O) groups excluding carboxylic acids is 1. The third-order valence-corrected chi connectivity index (χ3v) is 2.78. The number of furan rings is 1. The molecule has 0 spiro atoms. The first kappa shape index (κ1) is 14.7. The Morgan fingerprint density at radius 3 is 2.33 bits per heavy atom. The molecular weight excluding hydrogens is 270 g/mol. The van der Waals surface area contributed by atoms with E-state index in [1.807, 2.05) is 13.0 Å². The molecule has 0 aliphatic heterocycles. The van der Waals surface area contributed by atoms with Crippen LogP contribution < -0.4 is 14.8 Å². The van der Waals surface area contributed by atoms with Gasteiger partial charge in [-0.25, -0.2) is 0 Å². The van der Waals surface area contributed by atoms with E-state index in [0.29, 0.717) is 22.9 Å². The summed E-state index contributed by atoms with van der Waals surface area (Å²) < 4.78 is 15.6. The molecule has 0 fully saturated rings. The van der Waals surface area contributed by atoms with Crippen molar-refractivity contribution < 1.29 is 18.7 Å². The van der Waals surface area contributed by atoms with Crippen LogP contribution in [-0.2, 0) is 4.79 Å². The number of hydrogen-bond acceptors (Lipinski definition) is 4. The highest BCUT2D eigenvalue weighted by molar-refractivity contribution is 6.01. The number of amides is 1. The van der Waals surface area contributed by atoms with Crippen LogP contribution in [0, 0.1) is 6.92 Å². The van der Waals surface area contributed by atoms with Gasteiger partial charge in [0.2, 0.25) is 5.91 Å². The van der Waals surface area contributed by atoms with Crippen LogP contribution >= 0.6 is 0 Å². The van der Waals surface area contributed by atoms with Crippen LogP contribution in [0.2, 0.25) is 0 Å². The molecular formula is C16H17NO4. The molecule has 110 valence electrons. The van der Waals surface area contributed by atoms with Gasteiger partial charge in [0.05, 0.1) is 14.2 Å². The highest BCUT2D eigenvalue weighted by Crippen LogP contribution is 2.25. The van der Waals surface area contributed by atoms with Crippen molar-refractivity contribution >= 4 is 17.7 Å². The SMILES string of the molecule is COc1cc(NC(=O)/C=C/c2ccc(C)o2)cc(OC)c1. The molecule has 0 bridgehead atoms. The summed E-state index contributed by atoms with van der Waals surface area (Å²) >= 11 is 0. The monoisotopic (exact) mass is 287 g/mol. The number of benzene rings is 1. The fraction of sp³-hybridized carbons (Fsp3) is 0.188. The van der Waals surface area contributed by atoms with E-state index >= 15 is 0 Å². The van der Waals surface area contributed by atoms with Crippen LogP contribution in [0.3, 0.4) is 0 Å². The first-order valence-corrected chi connectivity index (χ1v) is 6.39. The molecule has 5 heteroatoms. The molecule has 0 saturated heterocycles. The lowest BCUT2D eigenvalue weighted by Gasteiger charge is -2.08. The summed E-state index contributed by atoms with van der Waals surface area (Å²) in [4.78, 5) is 11.9. The zero-order chi connectivity index (χ0) is 15.2. The number of rotatable bonds is 5. The molecule has 1 amide bonds. The summed E-state index contributed by atoms with van der Waals surface area (Å²) in [5.41, 5.74) is 0.594. The predicted octanol–water partition coefficient (Wildman–Crippen LogP) is 3.26. The highest BCUT2D eigenvalue weighted by atomic mass is 16.5. The molecule has 2 aromatic rings. The van der Waals surface area contributed by atoms with Gasteiger partial charge in [0, 0.05) is 30.0 Å². The van der Waals surface area contributed by atoms with E-state index in [-0.39, 0.29) is 5.91 Å². The normalized spacial score (nSPS) is 10.6. The average Bonchev–Trinajstić information content (AvgIpc) is 2.90. The summed E-state index contributed by atoms with van der Waals surface area (Å²) in [5, 5.41) is 2.74. The number of methoxy groups -OCH3 is 2. The molecule has 0 atom stereocenters. The zero-order valence-corrected chi connectivity index (χ0v) is 12.2. The predicted molar refractivity (Wildman–Crippen MR) is 80.7 cm³/mol. The second kappa shape index (κ2) is 6.65. The van der Waals surface area contributed by atoms with Crippen LogP contribution in [0.1, 0.15) is 11.5 Å². The summed E-state index contributed by atoms with van der Waals surface area (Å²) in [6, 6.07) is 8.80. The fourth-order valence-electron chi connectivity index (χ4n) is 1.76. The zero-order valence-electron chi connectivity index (χ0n) is 12.2. The van der Waals surface area contributed by atoms with Crippen LogP contribution in [0.15, 0.2) is 40.8 Å². The Labute approximate surface area is 123 Å². The first-order valence-electron chi connectivity index (χ1n) is 6.39. The van der Waals surface area contributed by atoms with Crippen LogP contribution in [0.25, 0.3) is 6.08 Å². The Bertz CT molecular complexity index is 636. The van der Waals surface area contributed by atoms with Gasteiger partial charge in [0.1, 0.15) is 23.0 Å². The summed E-state index contributed by atoms with van der Waals surface area (Å²) in [7, 11) is 3.11. The second-order valence-electron chi connectivity index (χ2n) is 4.37. The number of hydrogen-bond donors (Lipinski definition) is 1. The molecule has 0 aliphatic carbocycles. The number of anilines is 1. The van der Waals surface area contributed by atoms with Gasteiger partial charge in [0.15, 0.2) is 0 Å². The van der Waals surface area contributed by atoms with E-state index < -0.39 is 0 Å². The average molecular weight is 287 g/mol. The van der Waals surface area contributed by atoms with Gasteiger partial charge >= 0.3 is 0 Å². The molecule has 0 aliphatic rings. The fourth-order valence-corrected chi connectivity index (χ4v) is 1.76. The lowest BCUT2D eigenvalue weighted by atomic mass is 10.2. The van der Waals surface area contributed by atoms with Gasteiger partial charge < -0.3 is 19.2 Å². The number of nitrogens with one attached hydrogen (secondary N) is 1. The van der Waals surface area contributed by atoms with Crippen molar-refractivity contribution in [1.29, 1.82) is 0 Å². The highest BCUT2D eigenvalue weighted by Gasteiger charge is 2.04. The maximum absolute atomic E-state index is 11.9. The van der Waals surface area contributed by atoms with Crippen molar-refractivity contribution in [3.8, 4) is 11.5 Å². The maximum Gasteiger partial charge on any atom is 0.248 e. The molecule has 0 saturated carbocycles. The number of ether oxygens (including phenoxy) is 2. The maximum atomic E-state index is 11.9. The van der Waals surface area contributed by atoms with Crippen molar-refractivity contribution in [2.45, 2.75) is 6.92 Å². The van der Waals surface area contributed by atoms with Gasteiger partial charge in [-0.2, -0.15) is 0 Å². The molecule has 0 unspecified atom stereocenters. The molecule has 1 N–H and O–H groups in total. The van der Waals surface area contributed by atoms with E-state index in [4.69, 9.17) is 13.9 Å². The van der Waals surface area contributed by atoms with E-state index in [9.17, 15) is 4.79 Å². The lowest BCUT2D eigenvalue weighted by molar-refractivity contribution is -0.111. The minimum atomic E-state index is -0.264. The summed E-state index contributed by atoms with van der Waals surface area (Å²) in [6.45, 7) is 1.85. The topological polar surface area (TPSA) is 60.7 Å². The van der Waals surface area contributed by atoms with E-state index in [2.05, 4.69) is 5.32 Å². The van der Waals surface area contributed by atoms with Gasteiger partial charge in [-0.3, -0.25) is 4.79 Å². The van der Waals surface area contributed by atoms with E-state index in [0.717, 1.165) is 5.76 Å². The second-order valence-corrected chi connectivity index (χ2v) is 4.37. The van der Waals surface area contributed by atoms with Gasteiger partial charge in [0.25, 0.3) is 0 Å². The Morgan fingerprint density at radius 2 is 1.81 bits per heavy atom. The Morgan fingerprint density at radius 1 is 1.14 bits per heavy atom. The Hall–Kier alpha value is -2.69. The smallest absolute Gasteiger partial charge is 0.248 e. The third kappa shape index (κ3) is 4.14. The molecule has 2 rings (SSSR count). The standard InChI is InChI=1S/C16H17NO4/c1-11-4-5-13(21-11)6-7-16(18)17-12-8-14(19-2)10-15(9-12)20-3/h4-10H,1-3H3,(H,17,18)/b7-6+. The van der Waals surface area contributed by atoms with E-state index in [1.54, 1.807) is 44.6 Å². The Kier molecular flexibility index (Phi) is 4.66. The first-order chi connectivity index (χ1) is 10.1. The van der Waals surface area contributed by atoms with Gasteiger partial charge in [-0.05, 0) is 25.1 Å². The van der Waals surface area contributed by atoms with Crippen molar-refractivity contribution in [2.75, 3.05) is 19.5 Å². The van der Waals surface area contributed by atoms with Crippen LogP contribution in [0.5, 0.6) is 11.5 Å². The quantitative estimate of drug-likeness (QED) is 0.857. The molecule has 1 aromatic heterocycles. The van der Waals surface area contributed by atoms with Crippen LogP contribution in [0.4, 0.5) is 5.69 Å². The van der Waals surface area contributed by atoms with Crippen LogP contribution in [-0.4, -0.2) is 20.1 Å². The van der Waals surface area contributed by atoms with Crippen molar-refractivity contribution in [2.24, 2.45) is 0 Å². The van der Waals surface area contributed by atoms with Crippen molar-refractivity contribution in [3.05, 3.63) is 47.9 Å². The molecule has 0 radical (unpaired) electrons. The van der Waals surface area contributed by atoms with Gasteiger partial charge in [-0.1, -0.05) is 0 Å². The largest absolute Gasteiger partial charge is 0.497 e. The third-order valence-electron chi connectivity index (χ3n) is 2.78. The molecule has 1 heterocycles. The summed E-state index contributed by atoms with van der Waals surface area (Å²) in [6.07, 6.45) is 3.02. The molecule has 1 aromatic carbocycles. The molecule has 21 heavy (non-hydrogen) atoms. The minimum Gasteiger partial charge on any atom is -0.497 e.